The zero-order chi connectivity index (χ0) is 11.5. The fourth-order valence-electron chi connectivity index (χ4n) is 1.86. The highest BCUT2D eigenvalue weighted by Gasteiger charge is 2.15. The Balaban J connectivity index is 2.22. The molecule has 0 saturated heterocycles. The SMILES string of the molecule is CN(CCCl)c1ccc2c(c1)CCC(=O)N2. The first-order valence-corrected chi connectivity index (χ1v) is 5.94. The first-order chi connectivity index (χ1) is 7.70. The molecule has 1 amide bonds. The molecule has 3 nitrogen and oxygen atoms in total. The van der Waals surface area contributed by atoms with Gasteiger partial charge in [0.2, 0.25) is 5.91 Å². The number of anilines is 2. The van der Waals surface area contributed by atoms with Crippen LogP contribution in [0.15, 0.2) is 18.2 Å². The topological polar surface area (TPSA) is 32.3 Å². The molecule has 0 radical (unpaired) electrons. The zero-order valence-corrected chi connectivity index (χ0v) is 10.0. The van der Waals surface area contributed by atoms with Gasteiger partial charge in [0.15, 0.2) is 0 Å². The molecule has 0 bridgehead atoms. The molecular weight excluding hydrogens is 224 g/mol. The molecule has 0 aromatic heterocycles. The third-order valence-corrected chi connectivity index (χ3v) is 3.01. The number of fused-ring (bicyclic) bond motifs is 1. The Labute approximate surface area is 100 Å². The standard InChI is InChI=1S/C12H15ClN2O/c1-15(7-6-13)10-3-4-11-9(8-10)2-5-12(16)14-11/h3-4,8H,2,5-7H2,1H3,(H,14,16). The van der Waals surface area contributed by atoms with Gasteiger partial charge in [-0.05, 0) is 30.2 Å². The first kappa shape index (κ1) is 11.3. The summed E-state index contributed by atoms with van der Waals surface area (Å²) in [4.78, 5) is 13.3. The molecule has 1 aromatic carbocycles. The molecule has 0 fully saturated rings. The van der Waals surface area contributed by atoms with Gasteiger partial charge < -0.3 is 10.2 Å². The molecule has 0 unspecified atom stereocenters. The normalized spacial score (nSPS) is 14.2. The number of hydrogen-bond acceptors (Lipinski definition) is 2. The summed E-state index contributed by atoms with van der Waals surface area (Å²) in [5.74, 6) is 0.721. The van der Waals surface area contributed by atoms with Crippen LogP contribution < -0.4 is 10.2 Å². The van der Waals surface area contributed by atoms with Crippen molar-refractivity contribution in [2.24, 2.45) is 0 Å². The highest BCUT2D eigenvalue weighted by Crippen LogP contribution is 2.26. The second-order valence-corrected chi connectivity index (χ2v) is 4.38. The molecule has 0 spiro atoms. The van der Waals surface area contributed by atoms with Gasteiger partial charge in [0, 0.05) is 37.3 Å². The summed E-state index contributed by atoms with van der Waals surface area (Å²) in [7, 11) is 2.02. The molecule has 2 rings (SSSR count). The Morgan fingerprint density at radius 2 is 2.25 bits per heavy atom. The Morgan fingerprint density at radius 3 is 3.00 bits per heavy atom. The van der Waals surface area contributed by atoms with E-state index < -0.39 is 0 Å². The lowest BCUT2D eigenvalue weighted by molar-refractivity contribution is -0.116. The maximum atomic E-state index is 11.2. The van der Waals surface area contributed by atoms with Crippen LogP contribution in [0.2, 0.25) is 0 Å². The molecule has 1 heterocycles. The summed E-state index contributed by atoms with van der Waals surface area (Å²) < 4.78 is 0. The average molecular weight is 239 g/mol. The number of nitrogens with zero attached hydrogens (tertiary/aromatic N) is 1. The van der Waals surface area contributed by atoms with Crippen molar-refractivity contribution in [1.82, 2.24) is 0 Å². The van der Waals surface area contributed by atoms with Crippen molar-refractivity contribution in [2.75, 3.05) is 29.7 Å². The van der Waals surface area contributed by atoms with Gasteiger partial charge in [0.25, 0.3) is 0 Å². The summed E-state index contributed by atoms with van der Waals surface area (Å²) in [5, 5.41) is 2.87. The highest BCUT2D eigenvalue weighted by molar-refractivity contribution is 6.18. The number of rotatable bonds is 3. The van der Waals surface area contributed by atoms with E-state index in [2.05, 4.69) is 16.3 Å². The lowest BCUT2D eigenvalue weighted by Crippen LogP contribution is -2.22. The third kappa shape index (κ3) is 2.30. The number of alkyl halides is 1. The molecule has 1 N–H and O–H groups in total. The molecule has 1 aliphatic rings. The highest BCUT2D eigenvalue weighted by atomic mass is 35.5. The largest absolute Gasteiger partial charge is 0.373 e. The van der Waals surface area contributed by atoms with Crippen LogP contribution in [0.3, 0.4) is 0 Å². The predicted octanol–water partition coefficient (Wildman–Crippen LogP) is 2.25. The second kappa shape index (κ2) is 4.74. The number of benzene rings is 1. The van der Waals surface area contributed by atoms with Crippen LogP contribution in [-0.2, 0) is 11.2 Å². The van der Waals surface area contributed by atoms with Gasteiger partial charge in [-0.1, -0.05) is 0 Å². The predicted molar refractivity (Wildman–Crippen MR) is 67.4 cm³/mol. The van der Waals surface area contributed by atoms with E-state index in [9.17, 15) is 4.79 Å². The quantitative estimate of drug-likeness (QED) is 0.820. The van der Waals surface area contributed by atoms with E-state index in [0.29, 0.717) is 12.3 Å². The van der Waals surface area contributed by atoms with Crippen molar-refractivity contribution < 1.29 is 4.79 Å². The number of carbonyl (C=O) groups excluding carboxylic acids is 1. The van der Waals surface area contributed by atoms with E-state index >= 15 is 0 Å². The van der Waals surface area contributed by atoms with E-state index in [0.717, 1.165) is 24.3 Å². The minimum atomic E-state index is 0.106. The van der Waals surface area contributed by atoms with Crippen molar-refractivity contribution >= 4 is 28.9 Å². The van der Waals surface area contributed by atoms with E-state index in [4.69, 9.17) is 11.6 Å². The van der Waals surface area contributed by atoms with Crippen LogP contribution >= 0.6 is 11.6 Å². The summed E-state index contributed by atoms with van der Waals surface area (Å²) in [5.41, 5.74) is 3.30. The van der Waals surface area contributed by atoms with Crippen LogP contribution in [0.1, 0.15) is 12.0 Å². The van der Waals surface area contributed by atoms with Gasteiger partial charge in [-0.2, -0.15) is 0 Å². The summed E-state index contributed by atoms with van der Waals surface area (Å²) in [6, 6.07) is 6.10. The molecule has 1 aliphatic heterocycles. The fourth-order valence-corrected chi connectivity index (χ4v) is 2.12. The number of nitrogens with one attached hydrogen (secondary N) is 1. The number of halogens is 1. The number of hydrogen-bond donors (Lipinski definition) is 1. The number of carbonyl (C=O) groups is 1. The van der Waals surface area contributed by atoms with Gasteiger partial charge in [0.05, 0.1) is 0 Å². The molecule has 1 aromatic rings. The first-order valence-electron chi connectivity index (χ1n) is 5.40. The summed E-state index contributed by atoms with van der Waals surface area (Å²) in [6.45, 7) is 0.826. The minimum Gasteiger partial charge on any atom is -0.373 e. The zero-order valence-electron chi connectivity index (χ0n) is 9.29. The molecular formula is C12H15ClN2O. The van der Waals surface area contributed by atoms with E-state index in [1.165, 1.54) is 5.56 Å². The van der Waals surface area contributed by atoms with Gasteiger partial charge in [-0.25, -0.2) is 0 Å². The van der Waals surface area contributed by atoms with Crippen LogP contribution in [0.25, 0.3) is 0 Å². The fraction of sp³-hybridized carbons (Fsp3) is 0.417. The van der Waals surface area contributed by atoms with Gasteiger partial charge in [-0.3, -0.25) is 4.79 Å². The monoisotopic (exact) mass is 238 g/mol. The molecule has 86 valence electrons. The van der Waals surface area contributed by atoms with Crippen molar-refractivity contribution in [1.29, 1.82) is 0 Å². The molecule has 4 heteroatoms. The van der Waals surface area contributed by atoms with Gasteiger partial charge in [0.1, 0.15) is 0 Å². The smallest absolute Gasteiger partial charge is 0.224 e. The van der Waals surface area contributed by atoms with Crippen LogP contribution in [-0.4, -0.2) is 25.4 Å². The Morgan fingerprint density at radius 1 is 1.44 bits per heavy atom. The maximum Gasteiger partial charge on any atom is 0.224 e. The maximum absolute atomic E-state index is 11.2. The van der Waals surface area contributed by atoms with Gasteiger partial charge >= 0.3 is 0 Å². The minimum absolute atomic E-state index is 0.106. The summed E-state index contributed by atoms with van der Waals surface area (Å²) in [6.07, 6.45) is 1.40. The van der Waals surface area contributed by atoms with E-state index in [1.807, 2.05) is 19.2 Å². The number of aryl methyl sites for hydroxylation is 1. The second-order valence-electron chi connectivity index (χ2n) is 4.00. The molecule has 0 atom stereocenters. The van der Waals surface area contributed by atoms with Crippen molar-refractivity contribution in [2.45, 2.75) is 12.8 Å². The van der Waals surface area contributed by atoms with Crippen LogP contribution in [0.4, 0.5) is 11.4 Å². The number of amides is 1. The van der Waals surface area contributed by atoms with Crippen molar-refractivity contribution in [3.63, 3.8) is 0 Å². The van der Waals surface area contributed by atoms with Crippen molar-refractivity contribution in [3.8, 4) is 0 Å². The lowest BCUT2D eigenvalue weighted by Gasteiger charge is -2.22. The van der Waals surface area contributed by atoms with Crippen LogP contribution in [0, 0.1) is 0 Å². The molecule has 0 aliphatic carbocycles. The van der Waals surface area contributed by atoms with E-state index in [-0.39, 0.29) is 5.91 Å². The average Bonchev–Trinajstić information content (AvgIpc) is 2.28. The third-order valence-electron chi connectivity index (χ3n) is 2.85. The Hall–Kier alpha value is -1.22. The Bertz CT molecular complexity index is 406. The van der Waals surface area contributed by atoms with Crippen molar-refractivity contribution in [3.05, 3.63) is 23.8 Å². The van der Waals surface area contributed by atoms with E-state index in [1.54, 1.807) is 0 Å². The summed E-state index contributed by atoms with van der Waals surface area (Å²) >= 11 is 5.71. The van der Waals surface area contributed by atoms with Crippen LogP contribution in [0.5, 0.6) is 0 Å². The molecule has 16 heavy (non-hydrogen) atoms. The van der Waals surface area contributed by atoms with Gasteiger partial charge in [-0.15, -0.1) is 11.6 Å². The molecule has 0 saturated carbocycles. The lowest BCUT2D eigenvalue weighted by atomic mass is 10.0. The Kier molecular flexibility index (Phi) is 3.34.